The lowest BCUT2D eigenvalue weighted by molar-refractivity contribution is 0.0904. The molecule has 7 nitrogen and oxygen atoms in total. The monoisotopic (exact) mass is 437 g/mol. The predicted octanol–water partition coefficient (Wildman–Crippen LogP) is 2.61. The first kappa shape index (κ1) is 20.6. The number of furan rings is 1. The van der Waals surface area contributed by atoms with Gasteiger partial charge in [0, 0.05) is 49.7 Å². The summed E-state index contributed by atoms with van der Waals surface area (Å²) in [4.78, 5) is 16.5. The summed E-state index contributed by atoms with van der Waals surface area (Å²) in [5, 5.41) is 5.03. The molecular formula is C20H27N3O4S2. The number of hydrogen-bond acceptors (Lipinski definition) is 6. The number of aryl methyl sites for hydroxylation is 1. The molecule has 4 heterocycles. The lowest BCUT2D eigenvalue weighted by Gasteiger charge is -2.32. The normalized spacial score (nSPS) is 19.2. The van der Waals surface area contributed by atoms with Crippen LogP contribution in [0.3, 0.4) is 0 Å². The number of carbonyl (C=O) groups is 1. The zero-order valence-corrected chi connectivity index (χ0v) is 18.4. The first-order chi connectivity index (χ1) is 13.9. The second-order valence-electron chi connectivity index (χ2n) is 7.79. The Morgan fingerprint density at radius 1 is 1.31 bits per heavy atom. The number of fused-ring (bicyclic) bond motifs is 1. The third-order valence-corrected chi connectivity index (χ3v) is 8.83. The molecule has 1 fully saturated rings. The Kier molecular flexibility index (Phi) is 5.83. The number of nitrogens with one attached hydrogen (secondary N) is 1. The van der Waals surface area contributed by atoms with Crippen molar-refractivity contribution in [1.82, 2.24) is 14.5 Å². The van der Waals surface area contributed by atoms with Crippen molar-refractivity contribution in [3.63, 3.8) is 0 Å². The highest BCUT2D eigenvalue weighted by molar-refractivity contribution is 7.89. The molecule has 1 N–H and O–H groups in total. The Morgan fingerprint density at radius 3 is 2.83 bits per heavy atom. The molecule has 0 spiro atoms. The second kappa shape index (κ2) is 8.22. The maximum atomic E-state index is 12.8. The van der Waals surface area contributed by atoms with Crippen LogP contribution in [0.1, 0.15) is 46.5 Å². The number of carbonyl (C=O) groups excluding carboxylic acids is 1. The highest BCUT2D eigenvalue weighted by Crippen LogP contribution is 2.27. The van der Waals surface area contributed by atoms with Crippen LogP contribution in [0.5, 0.6) is 0 Å². The van der Waals surface area contributed by atoms with Gasteiger partial charge in [0.2, 0.25) is 10.0 Å². The molecule has 4 rings (SSSR count). The number of nitrogens with zero attached hydrogens (tertiary/aromatic N) is 2. The molecule has 0 unspecified atom stereocenters. The minimum absolute atomic E-state index is 0.0474. The summed E-state index contributed by atoms with van der Waals surface area (Å²) in [7, 11) is -3.60. The lowest BCUT2D eigenvalue weighted by atomic mass is 10.1. The zero-order valence-electron chi connectivity index (χ0n) is 16.8. The van der Waals surface area contributed by atoms with Crippen molar-refractivity contribution in [3.05, 3.63) is 39.5 Å². The van der Waals surface area contributed by atoms with Crippen LogP contribution in [-0.2, 0) is 23.0 Å². The van der Waals surface area contributed by atoms with Crippen molar-refractivity contribution in [2.75, 3.05) is 26.2 Å². The van der Waals surface area contributed by atoms with Gasteiger partial charge in [0.25, 0.3) is 5.91 Å². The molecule has 9 heteroatoms. The fourth-order valence-electron chi connectivity index (χ4n) is 4.00. The quantitative estimate of drug-likeness (QED) is 0.751. The average Bonchev–Trinajstić information content (AvgIpc) is 3.45. The van der Waals surface area contributed by atoms with Crippen molar-refractivity contribution in [2.45, 2.75) is 50.6 Å². The van der Waals surface area contributed by atoms with Gasteiger partial charge in [-0.1, -0.05) is 0 Å². The van der Waals surface area contributed by atoms with Crippen LogP contribution in [0.15, 0.2) is 26.8 Å². The van der Waals surface area contributed by atoms with Gasteiger partial charge in [0.15, 0.2) is 5.76 Å². The molecule has 0 radical (unpaired) electrons. The molecule has 0 bridgehead atoms. The Labute approximate surface area is 175 Å². The number of thiophene rings is 1. The highest BCUT2D eigenvalue weighted by Gasteiger charge is 2.32. The summed E-state index contributed by atoms with van der Waals surface area (Å²) in [6, 6.07) is 3.71. The van der Waals surface area contributed by atoms with E-state index in [2.05, 4.69) is 28.6 Å². The molecule has 29 heavy (non-hydrogen) atoms. The Hall–Kier alpha value is -1.68. The van der Waals surface area contributed by atoms with Gasteiger partial charge in [0.05, 0.1) is 0 Å². The van der Waals surface area contributed by atoms with E-state index in [4.69, 9.17) is 4.42 Å². The van der Waals surface area contributed by atoms with Gasteiger partial charge in [-0.05, 0) is 50.1 Å². The number of amides is 1. The van der Waals surface area contributed by atoms with Crippen molar-refractivity contribution < 1.29 is 17.6 Å². The van der Waals surface area contributed by atoms with Crippen LogP contribution in [0.25, 0.3) is 0 Å². The van der Waals surface area contributed by atoms with E-state index in [1.807, 2.05) is 11.3 Å². The van der Waals surface area contributed by atoms with Gasteiger partial charge >= 0.3 is 0 Å². The Bertz CT molecular complexity index is 989. The molecule has 2 aliphatic heterocycles. The summed E-state index contributed by atoms with van der Waals surface area (Å²) in [6.07, 6.45) is 2.77. The van der Waals surface area contributed by atoms with E-state index in [0.29, 0.717) is 19.6 Å². The van der Waals surface area contributed by atoms with E-state index in [0.717, 1.165) is 32.4 Å². The fraction of sp³-hybridized carbons (Fsp3) is 0.550. The van der Waals surface area contributed by atoms with Gasteiger partial charge in [-0.15, -0.1) is 11.3 Å². The number of sulfonamides is 1. The molecule has 1 atom stereocenters. The molecule has 2 aliphatic rings. The van der Waals surface area contributed by atoms with E-state index in [9.17, 15) is 13.2 Å². The summed E-state index contributed by atoms with van der Waals surface area (Å²) in [5.41, 5.74) is 1.37. The smallest absolute Gasteiger partial charge is 0.287 e. The molecule has 158 valence electrons. The van der Waals surface area contributed by atoms with Gasteiger partial charge in [0.1, 0.15) is 10.7 Å². The molecule has 2 aromatic heterocycles. The van der Waals surface area contributed by atoms with Crippen LogP contribution in [-0.4, -0.2) is 55.8 Å². The fourth-order valence-corrected chi connectivity index (χ4v) is 6.57. The summed E-state index contributed by atoms with van der Waals surface area (Å²) in [5.74, 6) is -0.0709. The molecule has 0 aromatic carbocycles. The Balaban J connectivity index is 1.38. The maximum Gasteiger partial charge on any atom is 0.287 e. The maximum absolute atomic E-state index is 12.8. The van der Waals surface area contributed by atoms with E-state index in [-0.39, 0.29) is 28.4 Å². The van der Waals surface area contributed by atoms with Gasteiger partial charge < -0.3 is 9.73 Å². The minimum atomic E-state index is -3.60. The van der Waals surface area contributed by atoms with Crippen LogP contribution in [0.2, 0.25) is 0 Å². The predicted molar refractivity (Wildman–Crippen MR) is 112 cm³/mol. The van der Waals surface area contributed by atoms with E-state index in [1.54, 1.807) is 6.92 Å². The van der Waals surface area contributed by atoms with Crippen molar-refractivity contribution in [2.24, 2.45) is 0 Å². The van der Waals surface area contributed by atoms with Crippen molar-refractivity contribution in [1.29, 1.82) is 0 Å². The largest absolute Gasteiger partial charge is 0.455 e. The van der Waals surface area contributed by atoms with Gasteiger partial charge in [-0.25, -0.2) is 8.42 Å². The van der Waals surface area contributed by atoms with Crippen LogP contribution in [0, 0.1) is 6.92 Å². The number of rotatable bonds is 6. The van der Waals surface area contributed by atoms with E-state index in [1.165, 1.54) is 20.8 Å². The van der Waals surface area contributed by atoms with Crippen LogP contribution in [0.4, 0.5) is 0 Å². The summed E-state index contributed by atoms with van der Waals surface area (Å²) in [6.45, 7) is 7.08. The lowest BCUT2D eigenvalue weighted by Crippen LogP contribution is -2.44. The zero-order chi connectivity index (χ0) is 20.6. The number of hydrogen-bond donors (Lipinski definition) is 1. The van der Waals surface area contributed by atoms with Crippen molar-refractivity contribution >= 4 is 27.3 Å². The SMILES string of the molecule is Cc1oc(C(=O)NC[C@@H](C)N2CCc3sccc3C2)cc1S(=O)(=O)N1CCCC1. The third-order valence-electron chi connectivity index (χ3n) is 5.80. The highest BCUT2D eigenvalue weighted by atomic mass is 32.2. The summed E-state index contributed by atoms with van der Waals surface area (Å²) < 4.78 is 32.5. The minimum Gasteiger partial charge on any atom is -0.455 e. The molecule has 1 saturated heterocycles. The van der Waals surface area contributed by atoms with Crippen molar-refractivity contribution in [3.8, 4) is 0 Å². The molecule has 0 saturated carbocycles. The first-order valence-electron chi connectivity index (χ1n) is 10.0. The third kappa shape index (κ3) is 4.14. The van der Waals surface area contributed by atoms with Gasteiger partial charge in [-0.3, -0.25) is 9.69 Å². The van der Waals surface area contributed by atoms with E-state index < -0.39 is 10.0 Å². The second-order valence-corrected chi connectivity index (χ2v) is 10.7. The topological polar surface area (TPSA) is 82.9 Å². The Morgan fingerprint density at radius 2 is 2.07 bits per heavy atom. The molecule has 2 aromatic rings. The van der Waals surface area contributed by atoms with E-state index >= 15 is 0 Å². The molecule has 1 amide bonds. The first-order valence-corrected chi connectivity index (χ1v) is 12.4. The van der Waals surface area contributed by atoms with Gasteiger partial charge in [-0.2, -0.15) is 4.31 Å². The summed E-state index contributed by atoms with van der Waals surface area (Å²) >= 11 is 1.81. The van der Waals surface area contributed by atoms with Crippen LogP contribution >= 0.6 is 11.3 Å². The molecule has 0 aliphatic carbocycles. The standard InChI is InChI=1S/C20H27N3O4S2/c1-14(22-9-5-18-16(13-22)6-10-28-18)12-21-20(24)17-11-19(15(2)27-17)29(25,26)23-7-3-4-8-23/h6,10-11,14H,3-5,7-9,12-13H2,1-2H3,(H,21,24)/t14-/m1/s1. The average molecular weight is 438 g/mol. The van der Waals surface area contributed by atoms with Crippen LogP contribution < -0.4 is 5.32 Å². The molecular weight excluding hydrogens is 410 g/mol.